The van der Waals surface area contributed by atoms with Gasteiger partial charge in [0, 0.05) is 23.7 Å². The summed E-state index contributed by atoms with van der Waals surface area (Å²) < 4.78 is 2.02. The SMILES string of the molecule is CC(C)(C)NC(=O)c1cn2c3c(cccc3c1=O)CC2. The van der Waals surface area contributed by atoms with Crippen LogP contribution in [0.5, 0.6) is 0 Å². The monoisotopic (exact) mass is 270 g/mol. The molecule has 0 bridgehead atoms. The lowest BCUT2D eigenvalue weighted by Crippen LogP contribution is -2.42. The van der Waals surface area contributed by atoms with Gasteiger partial charge in [-0.2, -0.15) is 0 Å². The fourth-order valence-corrected chi connectivity index (χ4v) is 2.73. The molecule has 1 aromatic carbocycles. The molecule has 0 saturated heterocycles. The van der Waals surface area contributed by atoms with Gasteiger partial charge in [-0.1, -0.05) is 12.1 Å². The Hall–Kier alpha value is -2.10. The summed E-state index contributed by atoms with van der Waals surface area (Å²) in [6, 6.07) is 5.73. The number of aromatic nitrogens is 1. The summed E-state index contributed by atoms with van der Waals surface area (Å²) in [5, 5.41) is 3.50. The quantitative estimate of drug-likeness (QED) is 0.862. The number of carbonyl (C=O) groups excluding carboxylic acids is 1. The van der Waals surface area contributed by atoms with Crippen molar-refractivity contribution in [2.75, 3.05) is 0 Å². The highest BCUT2D eigenvalue weighted by Gasteiger charge is 2.22. The largest absolute Gasteiger partial charge is 0.347 e. The van der Waals surface area contributed by atoms with E-state index >= 15 is 0 Å². The molecular formula is C16H18N2O2. The molecule has 4 nitrogen and oxygen atoms in total. The standard InChI is InChI=1S/C16H18N2O2/c1-16(2,3)17-15(20)12-9-18-8-7-10-5-4-6-11(13(10)18)14(12)19/h4-6,9H,7-8H2,1-3H3,(H,17,20). The summed E-state index contributed by atoms with van der Waals surface area (Å²) >= 11 is 0. The van der Waals surface area contributed by atoms with Gasteiger partial charge in [-0.3, -0.25) is 9.59 Å². The summed E-state index contributed by atoms with van der Waals surface area (Å²) in [6.07, 6.45) is 2.61. The average Bonchev–Trinajstić information content (AvgIpc) is 2.76. The molecule has 104 valence electrons. The third-order valence-corrected chi connectivity index (χ3v) is 3.54. The van der Waals surface area contributed by atoms with Crippen LogP contribution >= 0.6 is 0 Å². The summed E-state index contributed by atoms with van der Waals surface area (Å²) in [6.45, 7) is 6.54. The Labute approximate surface area is 117 Å². The van der Waals surface area contributed by atoms with Crippen molar-refractivity contribution in [2.45, 2.75) is 39.3 Å². The van der Waals surface area contributed by atoms with E-state index in [1.54, 1.807) is 12.3 Å². The Bertz CT molecular complexity index is 766. The van der Waals surface area contributed by atoms with Crippen molar-refractivity contribution in [1.29, 1.82) is 0 Å². The van der Waals surface area contributed by atoms with Crippen LogP contribution in [-0.2, 0) is 13.0 Å². The van der Waals surface area contributed by atoms with Gasteiger partial charge in [-0.25, -0.2) is 0 Å². The second kappa shape index (κ2) is 4.20. The molecule has 0 fully saturated rings. The third-order valence-electron chi connectivity index (χ3n) is 3.54. The van der Waals surface area contributed by atoms with Crippen LogP contribution in [0.1, 0.15) is 36.7 Å². The van der Waals surface area contributed by atoms with Crippen molar-refractivity contribution in [3.8, 4) is 0 Å². The van der Waals surface area contributed by atoms with Crippen molar-refractivity contribution in [1.82, 2.24) is 9.88 Å². The maximum atomic E-state index is 12.5. The molecule has 3 rings (SSSR count). The number of amides is 1. The highest BCUT2D eigenvalue weighted by Crippen LogP contribution is 2.23. The van der Waals surface area contributed by atoms with Crippen LogP contribution < -0.4 is 10.7 Å². The lowest BCUT2D eigenvalue weighted by molar-refractivity contribution is 0.0918. The molecule has 20 heavy (non-hydrogen) atoms. The molecule has 0 atom stereocenters. The number of carbonyl (C=O) groups is 1. The Balaban J connectivity index is 2.19. The van der Waals surface area contributed by atoms with Gasteiger partial charge in [-0.15, -0.1) is 0 Å². The first-order valence-corrected chi connectivity index (χ1v) is 6.84. The second-order valence-corrected chi connectivity index (χ2v) is 6.33. The first kappa shape index (κ1) is 12.9. The van der Waals surface area contributed by atoms with Gasteiger partial charge in [0.1, 0.15) is 5.56 Å². The second-order valence-electron chi connectivity index (χ2n) is 6.33. The van der Waals surface area contributed by atoms with E-state index in [0.29, 0.717) is 5.39 Å². The maximum absolute atomic E-state index is 12.5. The van der Waals surface area contributed by atoms with Crippen molar-refractivity contribution in [2.24, 2.45) is 0 Å². The molecule has 1 amide bonds. The molecule has 0 unspecified atom stereocenters. The van der Waals surface area contributed by atoms with Gasteiger partial charge in [0.2, 0.25) is 5.43 Å². The van der Waals surface area contributed by atoms with Crippen molar-refractivity contribution in [3.05, 3.63) is 45.7 Å². The van der Waals surface area contributed by atoms with E-state index in [1.165, 1.54) is 5.56 Å². The highest BCUT2D eigenvalue weighted by atomic mass is 16.2. The van der Waals surface area contributed by atoms with Crippen molar-refractivity contribution in [3.63, 3.8) is 0 Å². The van der Waals surface area contributed by atoms with Gasteiger partial charge < -0.3 is 9.88 Å². The van der Waals surface area contributed by atoms with E-state index < -0.39 is 0 Å². The molecular weight excluding hydrogens is 252 g/mol. The lowest BCUT2D eigenvalue weighted by atomic mass is 10.1. The maximum Gasteiger partial charge on any atom is 0.257 e. The Morgan fingerprint density at radius 2 is 2.05 bits per heavy atom. The van der Waals surface area contributed by atoms with Crippen molar-refractivity contribution < 1.29 is 4.79 Å². The fourth-order valence-electron chi connectivity index (χ4n) is 2.73. The van der Waals surface area contributed by atoms with Crippen LogP contribution in [0.2, 0.25) is 0 Å². The summed E-state index contributed by atoms with van der Waals surface area (Å²) in [4.78, 5) is 24.8. The number of rotatable bonds is 1. The number of nitrogens with zero attached hydrogens (tertiary/aromatic N) is 1. The lowest BCUT2D eigenvalue weighted by Gasteiger charge is -2.20. The first-order chi connectivity index (χ1) is 9.37. The van der Waals surface area contributed by atoms with Crippen LogP contribution in [0.3, 0.4) is 0 Å². The minimum atomic E-state index is -0.356. The van der Waals surface area contributed by atoms with Gasteiger partial charge in [0.15, 0.2) is 0 Å². The molecule has 2 aromatic rings. The Kier molecular flexibility index (Phi) is 2.71. The molecule has 1 aliphatic heterocycles. The Morgan fingerprint density at radius 3 is 2.75 bits per heavy atom. The predicted octanol–water partition coefficient (Wildman–Crippen LogP) is 2.09. The number of aryl methyl sites for hydroxylation is 2. The topological polar surface area (TPSA) is 51.1 Å². The zero-order valence-electron chi connectivity index (χ0n) is 12.0. The average molecular weight is 270 g/mol. The van der Waals surface area contributed by atoms with E-state index in [-0.39, 0.29) is 22.4 Å². The first-order valence-electron chi connectivity index (χ1n) is 6.84. The van der Waals surface area contributed by atoms with E-state index in [1.807, 2.05) is 37.5 Å². The molecule has 2 heterocycles. The number of nitrogens with one attached hydrogen (secondary N) is 1. The Morgan fingerprint density at radius 1 is 1.30 bits per heavy atom. The molecule has 0 spiro atoms. The van der Waals surface area contributed by atoms with Gasteiger partial charge in [0.25, 0.3) is 5.91 Å². The summed E-state index contributed by atoms with van der Waals surface area (Å²) in [5.41, 5.74) is 1.85. The van der Waals surface area contributed by atoms with Crippen LogP contribution in [0.15, 0.2) is 29.2 Å². The van der Waals surface area contributed by atoms with Crippen LogP contribution in [-0.4, -0.2) is 16.0 Å². The molecule has 1 N–H and O–H groups in total. The zero-order valence-corrected chi connectivity index (χ0v) is 12.0. The fraction of sp³-hybridized carbons (Fsp3) is 0.375. The normalized spacial score (nSPS) is 13.8. The molecule has 1 aromatic heterocycles. The van der Waals surface area contributed by atoms with Crippen LogP contribution in [0.25, 0.3) is 10.9 Å². The van der Waals surface area contributed by atoms with Gasteiger partial charge in [-0.05, 0) is 38.8 Å². The molecule has 4 heteroatoms. The number of para-hydroxylation sites is 1. The minimum absolute atomic E-state index is 0.179. The molecule has 0 saturated carbocycles. The van der Waals surface area contributed by atoms with E-state index in [0.717, 1.165) is 18.5 Å². The van der Waals surface area contributed by atoms with Crippen molar-refractivity contribution >= 4 is 16.8 Å². The number of hydrogen-bond acceptors (Lipinski definition) is 2. The predicted molar refractivity (Wildman–Crippen MR) is 79.1 cm³/mol. The van der Waals surface area contributed by atoms with E-state index in [9.17, 15) is 9.59 Å². The van der Waals surface area contributed by atoms with Crippen LogP contribution in [0.4, 0.5) is 0 Å². The van der Waals surface area contributed by atoms with Crippen LogP contribution in [0, 0.1) is 0 Å². The number of pyridine rings is 1. The molecule has 1 aliphatic rings. The summed E-state index contributed by atoms with van der Waals surface area (Å²) in [5.74, 6) is -0.301. The molecule has 0 aliphatic carbocycles. The van der Waals surface area contributed by atoms with Gasteiger partial charge in [0.05, 0.1) is 5.52 Å². The zero-order chi connectivity index (χ0) is 14.5. The number of hydrogen-bond donors (Lipinski definition) is 1. The number of benzene rings is 1. The smallest absolute Gasteiger partial charge is 0.257 e. The van der Waals surface area contributed by atoms with Gasteiger partial charge >= 0.3 is 0 Å². The van der Waals surface area contributed by atoms with E-state index in [4.69, 9.17) is 0 Å². The minimum Gasteiger partial charge on any atom is -0.347 e. The molecule has 0 radical (unpaired) electrons. The highest BCUT2D eigenvalue weighted by molar-refractivity contribution is 5.98. The summed E-state index contributed by atoms with van der Waals surface area (Å²) in [7, 11) is 0. The third kappa shape index (κ3) is 2.01. The van der Waals surface area contributed by atoms with E-state index in [2.05, 4.69) is 5.32 Å².